The van der Waals surface area contributed by atoms with Gasteiger partial charge in [-0.2, -0.15) is 0 Å². The summed E-state index contributed by atoms with van der Waals surface area (Å²) in [5.74, 6) is 0. The molecule has 2 aromatic heterocycles. The maximum atomic E-state index is 9.56. The van der Waals surface area contributed by atoms with Crippen molar-refractivity contribution in [2.45, 2.75) is 0 Å². The second-order valence-corrected chi connectivity index (χ2v) is 13.2. The molecule has 10 aromatic carbocycles. The fourth-order valence-electron chi connectivity index (χ4n) is 8.16. The summed E-state index contributed by atoms with van der Waals surface area (Å²) in [5, 5.41) is 3.07. The van der Waals surface area contributed by atoms with Crippen molar-refractivity contribution in [3.8, 4) is 33.4 Å². The third-order valence-electron chi connectivity index (χ3n) is 10.4. The molecule has 0 spiro atoms. The van der Waals surface area contributed by atoms with Crippen LogP contribution in [0.5, 0.6) is 0 Å². The third-order valence-corrected chi connectivity index (χ3v) is 10.4. The number of rotatable bonds is 3. The molecule has 54 heavy (non-hydrogen) atoms. The van der Waals surface area contributed by atoms with Crippen LogP contribution in [0, 0.1) is 0 Å². The summed E-state index contributed by atoms with van der Waals surface area (Å²) in [5.41, 5.74) is 3.86. The lowest BCUT2D eigenvalue weighted by Gasteiger charge is -2.20. The van der Waals surface area contributed by atoms with E-state index in [0.29, 0.717) is 27.5 Å². The molecule has 0 saturated heterocycles. The van der Waals surface area contributed by atoms with Gasteiger partial charge in [-0.3, -0.25) is 0 Å². The van der Waals surface area contributed by atoms with Gasteiger partial charge < -0.3 is 8.83 Å². The molecule has 0 unspecified atom stereocenters. The van der Waals surface area contributed by atoms with Crippen molar-refractivity contribution in [3.63, 3.8) is 0 Å². The molecule has 0 fully saturated rings. The zero-order valence-electron chi connectivity index (χ0n) is 43.0. The fraction of sp³-hybridized carbons (Fsp3) is 0. The van der Waals surface area contributed by atoms with Gasteiger partial charge in [-0.25, -0.2) is 0 Å². The van der Waals surface area contributed by atoms with Gasteiger partial charge in [-0.05, 0) is 107 Å². The van der Waals surface area contributed by atoms with Gasteiger partial charge in [0.25, 0.3) is 0 Å². The Morgan fingerprint density at radius 2 is 0.852 bits per heavy atom. The molecule has 2 nitrogen and oxygen atoms in total. The van der Waals surface area contributed by atoms with E-state index in [9.17, 15) is 6.85 Å². The van der Waals surface area contributed by atoms with Gasteiger partial charge in [0.2, 0.25) is 0 Å². The molecule has 0 amide bonds. The van der Waals surface area contributed by atoms with Crippen molar-refractivity contribution in [1.82, 2.24) is 0 Å². The fourth-order valence-corrected chi connectivity index (χ4v) is 8.16. The quantitative estimate of drug-likeness (QED) is 0.171. The maximum Gasteiger partial charge on any atom is 0.136 e. The Labute approximate surface area is 331 Å². The smallest absolute Gasteiger partial charge is 0.136 e. The van der Waals surface area contributed by atoms with Gasteiger partial charge in [0.1, 0.15) is 22.3 Å². The molecule has 12 aromatic rings. The first kappa shape index (κ1) is 18.6. The summed E-state index contributed by atoms with van der Waals surface area (Å²) in [6.45, 7) is 0. The molecule has 0 aliphatic carbocycles. The summed E-state index contributed by atoms with van der Waals surface area (Å²) in [7, 11) is 0. The Kier molecular flexibility index (Phi) is 3.84. The minimum absolute atomic E-state index is 0.0236. The Balaban J connectivity index is 1.22. The van der Waals surface area contributed by atoms with Crippen molar-refractivity contribution >= 4 is 87.0 Å². The van der Waals surface area contributed by atoms with Gasteiger partial charge in [0.15, 0.2) is 0 Å². The van der Waals surface area contributed by atoms with Crippen molar-refractivity contribution in [2.24, 2.45) is 0 Å². The molecule has 2 heteroatoms. The Morgan fingerprint density at radius 3 is 1.56 bits per heavy atom. The third kappa shape index (κ3) is 4.11. The largest absolute Gasteiger partial charge is 0.456 e. The minimum atomic E-state index is -0.764. The van der Waals surface area contributed by atoms with Crippen molar-refractivity contribution in [3.05, 3.63) is 182 Å². The van der Waals surface area contributed by atoms with E-state index >= 15 is 0 Å². The topological polar surface area (TPSA) is 26.3 Å². The Bertz CT molecular complexity index is 4290. The first-order valence-corrected chi connectivity index (χ1v) is 17.3. The number of fused-ring (bicyclic) bond motifs is 11. The Morgan fingerprint density at radius 1 is 0.333 bits per heavy atom. The number of para-hydroxylation sites is 1. The van der Waals surface area contributed by atoms with E-state index in [1.165, 1.54) is 0 Å². The maximum absolute atomic E-state index is 9.56. The zero-order valence-corrected chi connectivity index (χ0v) is 28.0. The molecule has 0 atom stereocenters. The average Bonchev–Trinajstić information content (AvgIpc) is 3.93. The highest BCUT2D eigenvalue weighted by Gasteiger charge is 2.21. The van der Waals surface area contributed by atoms with Crippen molar-refractivity contribution in [2.75, 3.05) is 0 Å². The highest BCUT2D eigenvalue weighted by molar-refractivity contribution is 6.27. The summed E-state index contributed by atoms with van der Waals surface area (Å²) in [4.78, 5) is 0. The van der Waals surface area contributed by atoms with E-state index in [-0.39, 0.29) is 32.7 Å². The molecule has 250 valence electrons. The Hall–Kier alpha value is -7.16. The molecular formula is C52H30O2. The monoisotopic (exact) mass is 701 g/mol. The van der Waals surface area contributed by atoms with Crippen LogP contribution in [0.3, 0.4) is 0 Å². The van der Waals surface area contributed by atoms with Crippen LogP contribution in [0.4, 0.5) is 0 Å². The van der Waals surface area contributed by atoms with Gasteiger partial charge in [-0.1, -0.05) is 151 Å². The van der Waals surface area contributed by atoms with Crippen LogP contribution in [0.15, 0.2) is 190 Å². The second kappa shape index (κ2) is 11.2. The molecule has 2 heterocycles. The van der Waals surface area contributed by atoms with E-state index < -0.39 is 107 Å². The van der Waals surface area contributed by atoms with Crippen molar-refractivity contribution in [1.29, 1.82) is 0 Å². The van der Waals surface area contributed by atoms with Gasteiger partial charge in [-0.15, -0.1) is 0 Å². The number of furan rings is 2. The predicted octanol–water partition coefficient (Wildman–Crippen LogP) is 15.1. The van der Waals surface area contributed by atoms with Gasteiger partial charge in [0.05, 0.1) is 20.6 Å². The molecule has 12 rings (SSSR count). The number of hydrogen-bond donors (Lipinski definition) is 0. The molecular weight excluding hydrogens is 657 g/mol. The second-order valence-electron chi connectivity index (χ2n) is 13.2. The van der Waals surface area contributed by atoms with Crippen LogP contribution in [0.2, 0.25) is 0 Å². The van der Waals surface area contributed by atoms with Crippen molar-refractivity contribution < 1.29 is 29.4 Å². The SMILES string of the molecule is [2H]c1c([2H])c([2H])c2c(-c3c4c([2H])c([2H])c([2H])c([2H])c4c(-c4ccc(-c5ccc6c(c5)oc5ccc7oc8ccccc8c7c56)c5ccccc45)c4c([2H])c([2H])c([2H])c([2H])c34)c([2H])c([2H])c([2H])c2c1[2H]. The lowest BCUT2D eigenvalue weighted by molar-refractivity contribution is 0.663. The van der Waals surface area contributed by atoms with E-state index in [2.05, 4.69) is 0 Å². The first-order valence-electron chi connectivity index (χ1n) is 24.8. The zero-order chi connectivity index (χ0) is 48.4. The van der Waals surface area contributed by atoms with Crippen LogP contribution >= 0.6 is 0 Å². The lowest BCUT2D eigenvalue weighted by Crippen LogP contribution is -1.93. The normalized spacial score (nSPS) is 16.0. The molecule has 0 N–H and O–H groups in total. The van der Waals surface area contributed by atoms with Gasteiger partial charge in [0, 0.05) is 21.5 Å². The van der Waals surface area contributed by atoms with Crippen LogP contribution in [-0.4, -0.2) is 0 Å². The molecule has 0 saturated carbocycles. The van der Waals surface area contributed by atoms with E-state index in [4.69, 9.17) is 22.5 Å². The average molecular weight is 702 g/mol. The van der Waals surface area contributed by atoms with E-state index in [1.54, 1.807) is 12.1 Å². The van der Waals surface area contributed by atoms with E-state index in [1.807, 2.05) is 78.9 Å². The van der Waals surface area contributed by atoms with Crippen LogP contribution in [0.25, 0.3) is 120 Å². The highest BCUT2D eigenvalue weighted by atomic mass is 16.3. The van der Waals surface area contributed by atoms with Crippen LogP contribution in [-0.2, 0) is 0 Å². The number of hydrogen-bond acceptors (Lipinski definition) is 2. The summed E-state index contributed by atoms with van der Waals surface area (Å²) in [6, 6.07) is 18.1. The highest BCUT2D eigenvalue weighted by Crippen LogP contribution is 2.48. The summed E-state index contributed by atoms with van der Waals surface area (Å²) in [6.07, 6.45) is 0. The van der Waals surface area contributed by atoms with Crippen LogP contribution in [0.1, 0.15) is 20.6 Å². The molecule has 0 radical (unpaired) electrons. The summed E-state index contributed by atoms with van der Waals surface area (Å²) < 4.78 is 149. The number of benzene rings is 10. The lowest BCUT2D eigenvalue weighted by atomic mass is 9.83. The molecule has 0 bridgehead atoms. The standard InChI is InChI=1S/C52H30O2/c1-2-14-33-31(12-1)13-11-22-37(33)49-38-17-5-7-19-40(38)50(41-20-8-6-18-39(41)49)42-27-26-34(35-15-3-4-16-36(35)42)32-24-25-44-48(30-32)54-47-29-28-46-51(52(44)47)43-21-9-10-23-45(43)53-46/h1-30H/i1D,2D,5D,6D,7D,8D,11D,12D,13D,14D,17D,18D,19D,20D,22D. The first-order chi connectivity index (χ1) is 33.0. The molecule has 0 aliphatic rings. The summed E-state index contributed by atoms with van der Waals surface area (Å²) >= 11 is 0. The van der Waals surface area contributed by atoms with E-state index in [0.717, 1.165) is 43.8 Å². The van der Waals surface area contributed by atoms with Crippen LogP contribution < -0.4 is 0 Å². The molecule has 0 aliphatic heterocycles. The minimum Gasteiger partial charge on any atom is -0.456 e. The predicted molar refractivity (Wildman–Crippen MR) is 227 cm³/mol. The van der Waals surface area contributed by atoms with Gasteiger partial charge >= 0.3 is 0 Å².